The van der Waals surface area contributed by atoms with Crippen LogP contribution < -0.4 is 4.90 Å². The molecule has 0 atom stereocenters. The van der Waals surface area contributed by atoms with Crippen molar-refractivity contribution in [1.29, 1.82) is 0 Å². The summed E-state index contributed by atoms with van der Waals surface area (Å²) in [6, 6.07) is 26.9. The van der Waals surface area contributed by atoms with Gasteiger partial charge in [-0.25, -0.2) is 19.7 Å². The van der Waals surface area contributed by atoms with E-state index in [0.717, 1.165) is 71.8 Å². The molecule has 2 saturated heterocycles. The highest BCUT2D eigenvalue weighted by Crippen LogP contribution is 2.34. The fourth-order valence-electron chi connectivity index (χ4n) is 6.88. The van der Waals surface area contributed by atoms with Gasteiger partial charge in [-0.05, 0) is 55.3 Å². The number of piperazine rings is 1. The molecule has 8 rings (SSSR count). The van der Waals surface area contributed by atoms with Crippen molar-refractivity contribution >= 4 is 28.9 Å². The number of piperidine rings is 1. The van der Waals surface area contributed by atoms with E-state index in [4.69, 9.17) is 24.9 Å². The molecule has 0 aliphatic carbocycles. The highest BCUT2D eigenvalue weighted by Gasteiger charge is 2.38. The average molecular weight is 781 g/mol. The van der Waals surface area contributed by atoms with Gasteiger partial charge in [-0.1, -0.05) is 60.7 Å². The molecule has 0 radical (unpaired) electrons. The number of benzene rings is 2. The third kappa shape index (κ3) is 9.38. The molecule has 0 spiro atoms. The number of carboxylic acid groups (broad SMARTS) is 1. The van der Waals surface area contributed by atoms with Crippen molar-refractivity contribution in [2.24, 2.45) is 0 Å². The van der Waals surface area contributed by atoms with Crippen molar-refractivity contribution in [2.45, 2.75) is 31.5 Å². The van der Waals surface area contributed by atoms with Gasteiger partial charge in [-0.2, -0.15) is 23.3 Å². The molecule has 1 amide bonds. The number of carboxylic acids is 1. The number of aromatic amines is 1. The molecule has 294 valence electrons. The highest BCUT2D eigenvalue weighted by molar-refractivity contribution is 5.90. The molecule has 14 nitrogen and oxygen atoms in total. The van der Waals surface area contributed by atoms with E-state index in [2.05, 4.69) is 72.4 Å². The number of H-pyrrole nitrogens is 1. The summed E-state index contributed by atoms with van der Waals surface area (Å²) in [5.74, 6) is -0.458. The number of nitrogens with one attached hydrogen (secondary N) is 1. The van der Waals surface area contributed by atoms with Crippen LogP contribution in [0.25, 0.3) is 44.9 Å². The third-order valence-corrected chi connectivity index (χ3v) is 9.94. The standard InChI is InChI=1S/C38H38N10O2.C2HF3O2/c49-25-33(50)47-18-20-48(21-19-47)38-40-23-30-22-31(27-6-2-1-3-7-27)34(41-35(30)43-38)28-11-9-26(10-12-28)24-46-16-13-29(14-17-46)36-42-37(45-44-36)32-8-4-5-15-39-32;3-2(4,5)1(6)7/h1-12,15,22-23,29,49H,13-14,16-21,24-25H2,(H,42,44,45);(H,6,7). The molecule has 57 heavy (non-hydrogen) atoms. The first-order valence-corrected chi connectivity index (χ1v) is 18.4. The summed E-state index contributed by atoms with van der Waals surface area (Å²) >= 11 is 0. The molecule has 4 aromatic heterocycles. The number of aromatic nitrogens is 7. The molecule has 6 aromatic rings. The van der Waals surface area contributed by atoms with Gasteiger partial charge in [0.2, 0.25) is 11.9 Å². The van der Waals surface area contributed by atoms with Crippen LogP contribution in [0.3, 0.4) is 0 Å². The molecule has 3 N–H and O–H groups in total. The van der Waals surface area contributed by atoms with Crippen LogP contribution in [-0.4, -0.2) is 119 Å². The van der Waals surface area contributed by atoms with Crippen molar-refractivity contribution in [1.82, 2.24) is 44.9 Å². The van der Waals surface area contributed by atoms with E-state index >= 15 is 0 Å². The Labute approximate surface area is 325 Å². The Morgan fingerprint density at radius 1 is 0.825 bits per heavy atom. The minimum atomic E-state index is -5.08. The van der Waals surface area contributed by atoms with Gasteiger partial charge in [0.1, 0.15) is 18.1 Å². The fraction of sp³-hybridized carbons (Fsp3) is 0.300. The Bertz CT molecular complexity index is 2290. The number of hydrogen-bond donors (Lipinski definition) is 3. The van der Waals surface area contributed by atoms with Crippen molar-refractivity contribution < 1.29 is 33.0 Å². The number of nitrogens with zero attached hydrogens (tertiary/aromatic N) is 9. The number of amides is 1. The smallest absolute Gasteiger partial charge is 0.475 e. The van der Waals surface area contributed by atoms with Crippen LogP contribution in [0.15, 0.2) is 91.3 Å². The molecule has 6 heterocycles. The second-order valence-corrected chi connectivity index (χ2v) is 13.7. The van der Waals surface area contributed by atoms with Crippen LogP contribution in [0.5, 0.6) is 0 Å². The number of halogens is 3. The van der Waals surface area contributed by atoms with Crippen LogP contribution in [0.4, 0.5) is 19.1 Å². The monoisotopic (exact) mass is 780 g/mol. The average Bonchev–Trinajstić information content (AvgIpc) is 3.75. The molecule has 0 unspecified atom stereocenters. The lowest BCUT2D eigenvalue weighted by Gasteiger charge is -2.34. The van der Waals surface area contributed by atoms with E-state index < -0.39 is 18.8 Å². The molecule has 2 aliphatic heterocycles. The van der Waals surface area contributed by atoms with Gasteiger partial charge >= 0.3 is 12.1 Å². The largest absolute Gasteiger partial charge is 0.490 e. The molecule has 2 aromatic carbocycles. The van der Waals surface area contributed by atoms with Crippen molar-refractivity contribution in [3.63, 3.8) is 0 Å². The van der Waals surface area contributed by atoms with Crippen LogP contribution in [0.1, 0.15) is 30.1 Å². The Kier molecular flexibility index (Phi) is 11.8. The van der Waals surface area contributed by atoms with E-state index in [0.29, 0.717) is 49.5 Å². The first-order chi connectivity index (χ1) is 27.6. The fourth-order valence-corrected chi connectivity index (χ4v) is 6.88. The molecular weight excluding hydrogens is 742 g/mol. The lowest BCUT2D eigenvalue weighted by atomic mass is 9.95. The van der Waals surface area contributed by atoms with Crippen molar-refractivity contribution in [3.8, 4) is 33.9 Å². The molecule has 2 fully saturated rings. The van der Waals surface area contributed by atoms with E-state index in [9.17, 15) is 23.1 Å². The number of likely N-dealkylation sites (tertiary alicyclic amines) is 1. The summed E-state index contributed by atoms with van der Waals surface area (Å²) in [6.07, 6.45) is 0.562. The molecule has 0 saturated carbocycles. The summed E-state index contributed by atoms with van der Waals surface area (Å²) in [7, 11) is 0. The van der Waals surface area contributed by atoms with E-state index in [1.165, 1.54) is 5.56 Å². The number of pyridine rings is 2. The third-order valence-electron chi connectivity index (χ3n) is 9.94. The van der Waals surface area contributed by atoms with Gasteiger partial charge in [-0.3, -0.25) is 19.8 Å². The van der Waals surface area contributed by atoms with Crippen LogP contribution >= 0.6 is 0 Å². The van der Waals surface area contributed by atoms with Gasteiger partial charge in [0.25, 0.3) is 0 Å². The predicted molar refractivity (Wildman–Crippen MR) is 205 cm³/mol. The van der Waals surface area contributed by atoms with E-state index in [-0.39, 0.29) is 5.91 Å². The molecule has 0 bridgehead atoms. The van der Waals surface area contributed by atoms with Gasteiger partial charge < -0.3 is 20.0 Å². The van der Waals surface area contributed by atoms with Crippen LogP contribution in [0.2, 0.25) is 0 Å². The second-order valence-electron chi connectivity index (χ2n) is 13.7. The molecular formula is C40H39F3N10O4. The van der Waals surface area contributed by atoms with Crippen molar-refractivity contribution in [3.05, 3.63) is 103 Å². The number of aliphatic hydroxyl groups excluding tert-OH is 1. The lowest BCUT2D eigenvalue weighted by Crippen LogP contribution is -2.50. The normalized spacial score (nSPS) is 15.3. The second kappa shape index (κ2) is 17.2. The number of carbonyl (C=O) groups is 2. The number of fused-ring (bicyclic) bond motifs is 1. The van der Waals surface area contributed by atoms with Gasteiger partial charge in [0, 0.05) is 67.5 Å². The number of aliphatic hydroxyl groups is 1. The zero-order valence-electron chi connectivity index (χ0n) is 30.7. The van der Waals surface area contributed by atoms with Gasteiger partial charge in [-0.15, -0.1) is 0 Å². The Morgan fingerprint density at radius 3 is 2.18 bits per heavy atom. The van der Waals surface area contributed by atoms with E-state index in [1.807, 2.05) is 42.6 Å². The Morgan fingerprint density at radius 2 is 1.53 bits per heavy atom. The molecule has 17 heteroatoms. The number of aliphatic carboxylic acids is 1. The number of hydrogen-bond acceptors (Lipinski definition) is 11. The summed E-state index contributed by atoms with van der Waals surface area (Å²) < 4.78 is 31.7. The summed E-state index contributed by atoms with van der Waals surface area (Å²) in [6.45, 7) is 4.62. The Balaban J connectivity index is 0.000000651. The van der Waals surface area contributed by atoms with Crippen LogP contribution in [-0.2, 0) is 16.1 Å². The number of anilines is 1. The minimum Gasteiger partial charge on any atom is -0.475 e. The van der Waals surface area contributed by atoms with E-state index in [1.54, 1.807) is 11.1 Å². The zero-order chi connectivity index (χ0) is 39.9. The highest BCUT2D eigenvalue weighted by atomic mass is 19.4. The van der Waals surface area contributed by atoms with Crippen molar-refractivity contribution in [2.75, 3.05) is 50.8 Å². The Hall–Kier alpha value is -6.33. The topological polar surface area (TPSA) is 177 Å². The zero-order valence-corrected chi connectivity index (χ0v) is 30.7. The first kappa shape index (κ1) is 38.9. The molecule has 2 aliphatic rings. The summed E-state index contributed by atoms with van der Waals surface area (Å²) in [5.41, 5.74) is 6.68. The number of rotatable bonds is 8. The van der Waals surface area contributed by atoms with Gasteiger partial charge in [0.15, 0.2) is 11.5 Å². The maximum atomic E-state index is 11.9. The number of alkyl halides is 3. The van der Waals surface area contributed by atoms with Gasteiger partial charge in [0.05, 0.1) is 5.69 Å². The minimum absolute atomic E-state index is 0.252. The predicted octanol–water partition coefficient (Wildman–Crippen LogP) is 5.19. The maximum Gasteiger partial charge on any atom is 0.490 e. The summed E-state index contributed by atoms with van der Waals surface area (Å²) in [4.78, 5) is 50.9. The lowest BCUT2D eigenvalue weighted by molar-refractivity contribution is -0.192. The summed E-state index contributed by atoms with van der Waals surface area (Å²) in [5, 5.41) is 24.8. The first-order valence-electron chi connectivity index (χ1n) is 18.4. The number of carbonyl (C=O) groups excluding carboxylic acids is 1. The quantitative estimate of drug-likeness (QED) is 0.185. The van der Waals surface area contributed by atoms with Crippen LogP contribution in [0, 0.1) is 0 Å². The maximum absolute atomic E-state index is 11.9. The SMILES string of the molecule is O=C(CO)N1CCN(c2ncc3cc(-c4ccccc4)c(-c4ccc(CN5CCC(c6nc(-c7ccccn7)n[nH]6)CC5)cc4)nc3n2)CC1.O=C(O)C(F)(F)F.